The van der Waals surface area contributed by atoms with Crippen molar-refractivity contribution in [2.45, 2.75) is 63.6 Å². The first-order valence-electron chi connectivity index (χ1n) is 8.85. The molecule has 0 aromatic heterocycles. The topological polar surface area (TPSA) is 53.6 Å². The predicted molar refractivity (Wildman–Crippen MR) is 103 cm³/mol. The smallest absolute Gasteiger partial charge is 0.220 e. The van der Waals surface area contributed by atoms with Crippen molar-refractivity contribution in [2.24, 2.45) is 5.92 Å². The van der Waals surface area contributed by atoms with Crippen LogP contribution < -0.4 is 10.6 Å². The maximum Gasteiger partial charge on any atom is 0.220 e. The minimum atomic E-state index is 0. The van der Waals surface area contributed by atoms with Crippen molar-refractivity contribution in [1.29, 1.82) is 0 Å². The van der Waals surface area contributed by atoms with E-state index >= 15 is 0 Å². The molecule has 7 heteroatoms. The average molecular weight is 384 g/mol. The molecule has 144 valence electrons. The summed E-state index contributed by atoms with van der Waals surface area (Å²) in [7, 11) is 4.12. The van der Waals surface area contributed by atoms with E-state index in [1.807, 2.05) is 6.92 Å². The maximum atomic E-state index is 12.2. The second-order valence-electron chi connectivity index (χ2n) is 7.15. The highest BCUT2D eigenvalue weighted by molar-refractivity contribution is 5.85. The second kappa shape index (κ2) is 12.3. The normalized spacial score (nSPS) is 26.4. The Morgan fingerprint density at radius 1 is 1.25 bits per heavy atom. The highest BCUT2D eigenvalue weighted by Gasteiger charge is 2.34. The molecule has 2 aliphatic rings. The van der Waals surface area contributed by atoms with Crippen molar-refractivity contribution >= 4 is 30.7 Å². The number of nitrogens with zero attached hydrogens (tertiary/aromatic N) is 1. The van der Waals surface area contributed by atoms with Crippen molar-refractivity contribution in [3.63, 3.8) is 0 Å². The average Bonchev–Trinajstić information content (AvgIpc) is 2.81. The van der Waals surface area contributed by atoms with E-state index in [4.69, 9.17) is 4.74 Å². The maximum absolute atomic E-state index is 12.2. The lowest BCUT2D eigenvalue weighted by Gasteiger charge is -2.28. The van der Waals surface area contributed by atoms with Gasteiger partial charge in [-0.2, -0.15) is 0 Å². The number of nitrogens with one attached hydrogen (secondary N) is 2. The Morgan fingerprint density at radius 3 is 2.42 bits per heavy atom. The van der Waals surface area contributed by atoms with Crippen LogP contribution in [0.5, 0.6) is 0 Å². The summed E-state index contributed by atoms with van der Waals surface area (Å²) in [6, 6.07) is 1.32. The Hall–Kier alpha value is -0.0700. The van der Waals surface area contributed by atoms with Gasteiger partial charge in [-0.3, -0.25) is 4.79 Å². The lowest BCUT2D eigenvalue weighted by atomic mass is 9.89. The van der Waals surface area contributed by atoms with Gasteiger partial charge in [-0.1, -0.05) is 0 Å². The summed E-state index contributed by atoms with van der Waals surface area (Å²) in [5.41, 5.74) is 0. The van der Waals surface area contributed by atoms with Gasteiger partial charge < -0.3 is 20.3 Å². The van der Waals surface area contributed by atoms with E-state index in [1.165, 1.54) is 25.7 Å². The number of hydrogen-bond acceptors (Lipinski definition) is 4. The molecular formula is C17H35Cl2N3O2. The number of carbonyl (C=O) groups is 1. The lowest BCUT2D eigenvalue weighted by Crippen LogP contribution is -2.41. The van der Waals surface area contributed by atoms with E-state index in [0.717, 1.165) is 13.0 Å². The van der Waals surface area contributed by atoms with Gasteiger partial charge in [0.15, 0.2) is 0 Å². The summed E-state index contributed by atoms with van der Waals surface area (Å²) in [5, 5.41) is 6.72. The molecule has 0 aromatic rings. The molecule has 2 bridgehead atoms. The SMILES string of the molecule is CCOC(CCN(C)C)CNC(=O)CC1CC2CCC(C1)N2.Cl.Cl. The van der Waals surface area contributed by atoms with E-state index in [0.29, 0.717) is 37.6 Å². The zero-order valence-electron chi connectivity index (χ0n) is 15.3. The van der Waals surface area contributed by atoms with Crippen LogP contribution in [0.1, 0.15) is 45.4 Å². The molecule has 2 rings (SSSR count). The van der Waals surface area contributed by atoms with E-state index in [1.54, 1.807) is 0 Å². The van der Waals surface area contributed by atoms with Gasteiger partial charge in [-0.25, -0.2) is 0 Å². The molecule has 2 fully saturated rings. The molecule has 0 saturated carbocycles. The lowest BCUT2D eigenvalue weighted by molar-refractivity contribution is -0.123. The molecule has 3 atom stereocenters. The van der Waals surface area contributed by atoms with Gasteiger partial charge in [-0.05, 0) is 59.0 Å². The Bertz CT molecular complexity index is 347. The zero-order valence-corrected chi connectivity index (χ0v) is 16.9. The molecule has 1 amide bonds. The first-order valence-corrected chi connectivity index (χ1v) is 8.85. The fourth-order valence-corrected chi connectivity index (χ4v) is 3.79. The molecule has 5 nitrogen and oxygen atoms in total. The van der Waals surface area contributed by atoms with Crippen molar-refractivity contribution < 1.29 is 9.53 Å². The molecule has 2 heterocycles. The third kappa shape index (κ3) is 8.34. The summed E-state index contributed by atoms with van der Waals surface area (Å²) in [4.78, 5) is 14.3. The molecule has 0 aliphatic carbocycles. The minimum absolute atomic E-state index is 0. The monoisotopic (exact) mass is 383 g/mol. The molecular weight excluding hydrogens is 349 g/mol. The van der Waals surface area contributed by atoms with Crippen LogP contribution in [0.3, 0.4) is 0 Å². The van der Waals surface area contributed by atoms with Crippen molar-refractivity contribution in [2.75, 3.05) is 33.8 Å². The van der Waals surface area contributed by atoms with Crippen LogP contribution in [0, 0.1) is 5.92 Å². The van der Waals surface area contributed by atoms with Gasteiger partial charge in [0.05, 0.1) is 6.10 Å². The molecule has 0 spiro atoms. The van der Waals surface area contributed by atoms with Crippen LogP contribution in [-0.4, -0.2) is 62.8 Å². The standard InChI is InChI=1S/C17H33N3O2.2ClH/c1-4-22-16(7-8-20(2)3)12-18-17(21)11-13-9-14-5-6-15(10-13)19-14;;/h13-16,19H,4-12H2,1-3H3,(H,18,21);2*1H. The Kier molecular flexibility index (Phi) is 12.3. The summed E-state index contributed by atoms with van der Waals surface area (Å²) in [6.45, 7) is 4.33. The summed E-state index contributed by atoms with van der Waals surface area (Å²) in [5.74, 6) is 0.756. The van der Waals surface area contributed by atoms with Gasteiger partial charge in [0.2, 0.25) is 5.91 Å². The number of hydrogen-bond donors (Lipinski definition) is 2. The number of carbonyl (C=O) groups excluding carboxylic acids is 1. The van der Waals surface area contributed by atoms with Crippen LogP contribution in [0.15, 0.2) is 0 Å². The van der Waals surface area contributed by atoms with E-state index in [9.17, 15) is 4.79 Å². The summed E-state index contributed by atoms with van der Waals surface area (Å²) < 4.78 is 5.73. The van der Waals surface area contributed by atoms with Crippen molar-refractivity contribution in [3.8, 4) is 0 Å². The number of piperidine rings is 1. The molecule has 24 heavy (non-hydrogen) atoms. The molecule has 3 unspecified atom stereocenters. The third-order valence-corrected chi connectivity index (χ3v) is 4.87. The second-order valence-corrected chi connectivity index (χ2v) is 7.15. The highest BCUT2D eigenvalue weighted by Crippen LogP contribution is 2.32. The fraction of sp³-hybridized carbons (Fsp3) is 0.941. The summed E-state index contributed by atoms with van der Waals surface area (Å²) in [6.07, 6.45) is 6.68. The van der Waals surface area contributed by atoms with Crippen LogP contribution >= 0.6 is 24.8 Å². The predicted octanol–water partition coefficient (Wildman–Crippen LogP) is 2.22. The quantitative estimate of drug-likeness (QED) is 0.640. The number of rotatable bonds is 9. The highest BCUT2D eigenvalue weighted by atomic mass is 35.5. The molecule has 0 aromatic carbocycles. The van der Waals surface area contributed by atoms with Crippen LogP contribution in [-0.2, 0) is 9.53 Å². The van der Waals surface area contributed by atoms with Crippen LogP contribution in [0.2, 0.25) is 0 Å². The van der Waals surface area contributed by atoms with E-state index in [2.05, 4.69) is 29.6 Å². The van der Waals surface area contributed by atoms with E-state index < -0.39 is 0 Å². The molecule has 2 N–H and O–H groups in total. The first kappa shape index (κ1) is 23.9. The minimum Gasteiger partial charge on any atom is -0.377 e. The Balaban J connectivity index is 0.00000264. The van der Waals surface area contributed by atoms with Crippen LogP contribution in [0.25, 0.3) is 0 Å². The number of halogens is 2. The van der Waals surface area contributed by atoms with E-state index in [-0.39, 0.29) is 36.8 Å². The largest absolute Gasteiger partial charge is 0.377 e. The van der Waals surface area contributed by atoms with Crippen LogP contribution in [0.4, 0.5) is 0 Å². The molecule has 2 aliphatic heterocycles. The van der Waals surface area contributed by atoms with Crippen molar-refractivity contribution in [1.82, 2.24) is 15.5 Å². The number of amides is 1. The Morgan fingerprint density at radius 2 is 1.88 bits per heavy atom. The van der Waals surface area contributed by atoms with Gasteiger partial charge in [0.1, 0.15) is 0 Å². The van der Waals surface area contributed by atoms with Gasteiger partial charge in [0, 0.05) is 38.2 Å². The van der Waals surface area contributed by atoms with Gasteiger partial charge in [-0.15, -0.1) is 24.8 Å². The third-order valence-electron chi connectivity index (χ3n) is 4.87. The summed E-state index contributed by atoms with van der Waals surface area (Å²) >= 11 is 0. The Labute approximate surface area is 159 Å². The van der Waals surface area contributed by atoms with Gasteiger partial charge >= 0.3 is 0 Å². The molecule has 0 radical (unpaired) electrons. The zero-order chi connectivity index (χ0) is 15.9. The van der Waals surface area contributed by atoms with Gasteiger partial charge in [0.25, 0.3) is 0 Å². The number of fused-ring (bicyclic) bond motifs is 2. The number of ether oxygens (including phenoxy) is 1. The van der Waals surface area contributed by atoms with Crippen molar-refractivity contribution in [3.05, 3.63) is 0 Å². The molecule has 2 saturated heterocycles. The first-order chi connectivity index (χ1) is 10.6. The fourth-order valence-electron chi connectivity index (χ4n) is 3.79.